The summed E-state index contributed by atoms with van der Waals surface area (Å²) in [7, 11) is -3.50. The van der Waals surface area contributed by atoms with E-state index in [0.717, 1.165) is 25.7 Å². The van der Waals surface area contributed by atoms with E-state index in [0.29, 0.717) is 12.8 Å². The first-order chi connectivity index (χ1) is 9.77. The van der Waals surface area contributed by atoms with Crippen LogP contribution in [0, 0.1) is 5.41 Å². The first kappa shape index (κ1) is 18.4. The van der Waals surface area contributed by atoms with Crippen LogP contribution in [0.1, 0.15) is 58.8 Å². The molecule has 1 aliphatic rings. The second-order valence-electron chi connectivity index (χ2n) is 6.10. The molecule has 0 aromatic carbocycles. The number of nitrogens with one attached hydrogen (secondary N) is 2. The van der Waals surface area contributed by atoms with Crippen LogP contribution in [0.3, 0.4) is 0 Å². The van der Waals surface area contributed by atoms with Crippen LogP contribution in [0.25, 0.3) is 0 Å². The SMILES string of the molecule is CC(C)OCCS(=O)(=O)NC1(C(=N)N)CCCCCCC1. The number of hydrogen-bond acceptors (Lipinski definition) is 4. The minimum Gasteiger partial charge on any atom is -0.386 e. The molecule has 21 heavy (non-hydrogen) atoms. The maximum atomic E-state index is 12.2. The van der Waals surface area contributed by atoms with Crippen LogP contribution >= 0.6 is 0 Å². The van der Waals surface area contributed by atoms with E-state index in [4.69, 9.17) is 15.9 Å². The Morgan fingerprint density at radius 2 is 1.76 bits per heavy atom. The minimum atomic E-state index is -3.50. The monoisotopic (exact) mass is 319 g/mol. The Morgan fingerprint density at radius 1 is 1.24 bits per heavy atom. The lowest BCUT2D eigenvalue weighted by Crippen LogP contribution is -2.58. The van der Waals surface area contributed by atoms with E-state index in [1.165, 1.54) is 6.42 Å². The van der Waals surface area contributed by atoms with E-state index in [1.54, 1.807) is 0 Å². The molecule has 0 radical (unpaired) electrons. The fourth-order valence-electron chi connectivity index (χ4n) is 2.68. The molecule has 0 aliphatic heterocycles. The molecule has 0 heterocycles. The van der Waals surface area contributed by atoms with Crippen molar-refractivity contribution in [3.63, 3.8) is 0 Å². The lowest BCUT2D eigenvalue weighted by molar-refractivity contribution is 0.0910. The lowest BCUT2D eigenvalue weighted by Gasteiger charge is -2.35. The van der Waals surface area contributed by atoms with Gasteiger partial charge in [0.15, 0.2) is 0 Å². The summed E-state index contributed by atoms with van der Waals surface area (Å²) in [4.78, 5) is 0. The van der Waals surface area contributed by atoms with Crippen molar-refractivity contribution in [2.24, 2.45) is 5.73 Å². The van der Waals surface area contributed by atoms with Crippen LogP contribution in [0.4, 0.5) is 0 Å². The van der Waals surface area contributed by atoms with Gasteiger partial charge in [-0.1, -0.05) is 32.1 Å². The number of hydrogen-bond donors (Lipinski definition) is 3. The maximum absolute atomic E-state index is 12.2. The molecule has 1 rings (SSSR count). The highest BCUT2D eigenvalue weighted by Gasteiger charge is 2.37. The number of ether oxygens (including phenoxy) is 1. The molecule has 7 heteroatoms. The van der Waals surface area contributed by atoms with E-state index in [9.17, 15) is 8.42 Å². The highest BCUT2D eigenvalue weighted by molar-refractivity contribution is 7.89. The van der Waals surface area contributed by atoms with Gasteiger partial charge in [-0.2, -0.15) is 0 Å². The second kappa shape index (κ2) is 8.10. The van der Waals surface area contributed by atoms with Crippen LogP contribution in [-0.2, 0) is 14.8 Å². The van der Waals surface area contributed by atoms with Crippen molar-refractivity contribution in [1.29, 1.82) is 5.41 Å². The number of amidine groups is 1. The summed E-state index contributed by atoms with van der Waals surface area (Å²) in [5.74, 6) is -0.169. The summed E-state index contributed by atoms with van der Waals surface area (Å²) in [6, 6.07) is 0. The summed E-state index contributed by atoms with van der Waals surface area (Å²) >= 11 is 0. The van der Waals surface area contributed by atoms with Crippen molar-refractivity contribution >= 4 is 15.9 Å². The minimum absolute atomic E-state index is 0.00311. The van der Waals surface area contributed by atoms with Gasteiger partial charge >= 0.3 is 0 Å². The lowest BCUT2D eigenvalue weighted by atomic mass is 9.84. The number of rotatable bonds is 7. The van der Waals surface area contributed by atoms with Crippen LogP contribution in [0.2, 0.25) is 0 Å². The summed E-state index contributed by atoms with van der Waals surface area (Å²) in [5, 5.41) is 7.85. The zero-order valence-electron chi connectivity index (χ0n) is 13.2. The summed E-state index contributed by atoms with van der Waals surface area (Å²) < 4.78 is 32.5. The van der Waals surface area contributed by atoms with Gasteiger partial charge in [0.1, 0.15) is 5.84 Å². The van der Waals surface area contributed by atoms with Gasteiger partial charge in [0.05, 0.1) is 24.0 Å². The first-order valence-electron chi connectivity index (χ1n) is 7.75. The molecule has 0 bridgehead atoms. The normalized spacial score (nSPS) is 20.0. The van der Waals surface area contributed by atoms with E-state index in [2.05, 4.69) is 4.72 Å². The number of sulfonamides is 1. The quantitative estimate of drug-likeness (QED) is 0.491. The third-order valence-corrected chi connectivity index (χ3v) is 5.28. The Balaban J connectivity index is 2.73. The summed E-state index contributed by atoms with van der Waals surface area (Å²) in [6.07, 6.45) is 6.29. The molecule has 0 aromatic heterocycles. The van der Waals surface area contributed by atoms with Crippen LogP contribution in [-0.4, -0.2) is 38.3 Å². The summed E-state index contributed by atoms with van der Waals surface area (Å²) in [5.41, 5.74) is 4.83. The average molecular weight is 319 g/mol. The van der Waals surface area contributed by atoms with Crippen LogP contribution < -0.4 is 10.5 Å². The van der Waals surface area contributed by atoms with Gasteiger partial charge < -0.3 is 10.5 Å². The van der Waals surface area contributed by atoms with Crippen molar-refractivity contribution in [3.8, 4) is 0 Å². The third-order valence-electron chi connectivity index (χ3n) is 3.88. The molecule has 124 valence electrons. The molecule has 0 spiro atoms. The van der Waals surface area contributed by atoms with Crippen molar-refractivity contribution in [2.75, 3.05) is 12.4 Å². The predicted molar refractivity (Wildman–Crippen MR) is 85.0 cm³/mol. The van der Waals surface area contributed by atoms with Crippen molar-refractivity contribution < 1.29 is 13.2 Å². The van der Waals surface area contributed by atoms with Gasteiger partial charge in [-0.05, 0) is 26.7 Å². The molecule has 4 N–H and O–H groups in total. The smallest absolute Gasteiger partial charge is 0.214 e. The number of nitrogens with two attached hydrogens (primary N) is 1. The molecule has 0 aromatic rings. The molecule has 0 unspecified atom stereocenters. The van der Waals surface area contributed by atoms with Crippen LogP contribution in [0.5, 0.6) is 0 Å². The van der Waals surface area contributed by atoms with Crippen molar-refractivity contribution in [2.45, 2.75) is 70.4 Å². The van der Waals surface area contributed by atoms with E-state index >= 15 is 0 Å². The Hall–Kier alpha value is -0.660. The molecule has 0 amide bonds. The molecule has 1 aliphatic carbocycles. The van der Waals surface area contributed by atoms with Crippen LogP contribution in [0.15, 0.2) is 0 Å². The molecule has 6 nitrogen and oxygen atoms in total. The Labute approximate surface area is 128 Å². The average Bonchev–Trinajstić information content (AvgIpc) is 2.31. The topological polar surface area (TPSA) is 105 Å². The maximum Gasteiger partial charge on any atom is 0.214 e. The zero-order chi connectivity index (χ0) is 15.9. The highest BCUT2D eigenvalue weighted by Crippen LogP contribution is 2.27. The standard InChI is InChI=1S/C14H29N3O3S/c1-12(2)20-10-11-21(18,19)17-14(13(15)16)8-6-4-3-5-7-9-14/h12,17H,3-11H2,1-2H3,(H3,15,16). The van der Waals surface area contributed by atoms with Gasteiger partial charge in [0.2, 0.25) is 10.0 Å². The van der Waals surface area contributed by atoms with Crippen molar-refractivity contribution in [1.82, 2.24) is 4.72 Å². The van der Waals surface area contributed by atoms with E-state index in [-0.39, 0.29) is 24.3 Å². The molecule has 1 fully saturated rings. The molecule has 1 saturated carbocycles. The van der Waals surface area contributed by atoms with Gasteiger partial charge in [-0.15, -0.1) is 0 Å². The largest absolute Gasteiger partial charge is 0.386 e. The zero-order valence-corrected chi connectivity index (χ0v) is 14.0. The first-order valence-corrected chi connectivity index (χ1v) is 9.40. The molecular formula is C14H29N3O3S. The fourth-order valence-corrected chi connectivity index (χ4v) is 4.00. The van der Waals surface area contributed by atoms with E-state index < -0.39 is 15.6 Å². The molecule has 0 saturated heterocycles. The van der Waals surface area contributed by atoms with Gasteiger partial charge in [-0.25, -0.2) is 13.1 Å². The predicted octanol–water partition coefficient (Wildman–Crippen LogP) is 1.75. The molecular weight excluding hydrogens is 290 g/mol. The van der Waals surface area contributed by atoms with Gasteiger partial charge in [0, 0.05) is 0 Å². The van der Waals surface area contributed by atoms with Gasteiger partial charge in [0.25, 0.3) is 0 Å². The third kappa shape index (κ3) is 6.32. The summed E-state index contributed by atoms with van der Waals surface area (Å²) in [6.45, 7) is 3.89. The fraction of sp³-hybridized carbons (Fsp3) is 0.929. The highest BCUT2D eigenvalue weighted by atomic mass is 32.2. The Bertz CT molecular complexity index is 427. The van der Waals surface area contributed by atoms with Gasteiger partial charge in [-0.3, -0.25) is 5.41 Å². The molecule has 0 atom stereocenters. The second-order valence-corrected chi connectivity index (χ2v) is 7.95. The Kier molecular flexibility index (Phi) is 7.09. The van der Waals surface area contributed by atoms with Crippen molar-refractivity contribution in [3.05, 3.63) is 0 Å². The Morgan fingerprint density at radius 3 is 2.24 bits per heavy atom. The van der Waals surface area contributed by atoms with E-state index in [1.807, 2.05) is 13.8 Å².